The lowest BCUT2D eigenvalue weighted by Crippen LogP contribution is -2.50. The van der Waals surface area contributed by atoms with Gasteiger partial charge in [0.15, 0.2) is 0 Å². The Balaban J connectivity index is 1.53. The van der Waals surface area contributed by atoms with E-state index in [1.807, 2.05) is 43.3 Å². The fraction of sp³-hybridized carbons (Fsp3) is 0.516. The zero-order valence-electron chi connectivity index (χ0n) is 23.0. The average molecular weight is 537 g/mol. The van der Waals surface area contributed by atoms with E-state index in [4.69, 9.17) is 14.2 Å². The smallest absolute Gasteiger partial charge is 0.310 e. The van der Waals surface area contributed by atoms with Crippen LogP contribution in [0.3, 0.4) is 0 Å². The Morgan fingerprint density at radius 2 is 1.61 bits per heavy atom. The first-order valence-corrected chi connectivity index (χ1v) is 17.6. The molecule has 38 heavy (non-hydrogen) atoms. The van der Waals surface area contributed by atoms with Crippen LogP contribution in [0.2, 0.25) is 25.7 Å². The zero-order chi connectivity index (χ0) is 27.3. The first-order valence-electron chi connectivity index (χ1n) is 13.9. The largest absolute Gasteiger partial charge is 0.494 e. The van der Waals surface area contributed by atoms with E-state index in [0.717, 1.165) is 30.0 Å². The molecule has 1 saturated carbocycles. The van der Waals surface area contributed by atoms with E-state index in [0.29, 0.717) is 25.4 Å². The highest BCUT2D eigenvalue weighted by atomic mass is 28.3. The fourth-order valence-electron chi connectivity index (χ4n) is 5.61. The SMILES string of the molecule is CCCOC(=O)C1C2C(=O)CC(c3ccc(OCCCc4ccccc4)cc32)C1C(=O)OCC[Si](C)(C)C. The van der Waals surface area contributed by atoms with Gasteiger partial charge >= 0.3 is 11.9 Å². The van der Waals surface area contributed by atoms with Crippen molar-refractivity contribution >= 4 is 25.8 Å². The highest BCUT2D eigenvalue weighted by Crippen LogP contribution is 2.55. The molecule has 6 nitrogen and oxygen atoms in total. The number of esters is 2. The molecule has 1 fully saturated rings. The standard InChI is InChI=1S/C31H40O6Si/c1-5-15-36-31(34)29-27-24-19-22(35-16-9-12-21-10-7-6-8-11-21)13-14-23(24)25(20-26(27)32)28(29)30(33)37-17-18-38(2,3)4/h6-8,10-11,13-14,19,25,27-29H,5,9,12,15-18,20H2,1-4H3. The summed E-state index contributed by atoms with van der Waals surface area (Å²) in [7, 11) is -1.39. The number of rotatable bonds is 12. The summed E-state index contributed by atoms with van der Waals surface area (Å²) in [6, 6.07) is 16.9. The molecule has 0 spiro atoms. The van der Waals surface area contributed by atoms with Crippen molar-refractivity contribution in [2.24, 2.45) is 11.8 Å². The summed E-state index contributed by atoms with van der Waals surface area (Å²) in [6.07, 6.45) is 2.69. The van der Waals surface area contributed by atoms with Crippen molar-refractivity contribution in [1.82, 2.24) is 0 Å². The fourth-order valence-corrected chi connectivity index (χ4v) is 6.32. The highest BCUT2D eigenvalue weighted by molar-refractivity contribution is 6.76. The molecule has 0 amide bonds. The number of fused-ring (bicyclic) bond motifs is 2. The Kier molecular flexibility index (Phi) is 9.08. The summed E-state index contributed by atoms with van der Waals surface area (Å²) in [6.45, 7) is 9.75. The molecule has 204 valence electrons. The van der Waals surface area contributed by atoms with Gasteiger partial charge in [-0.25, -0.2) is 0 Å². The summed E-state index contributed by atoms with van der Waals surface area (Å²) in [5.74, 6) is -2.92. The minimum Gasteiger partial charge on any atom is -0.494 e. The van der Waals surface area contributed by atoms with Crippen LogP contribution in [0.5, 0.6) is 5.75 Å². The first kappa shape index (κ1) is 28.1. The number of aryl methyl sites for hydroxylation is 1. The summed E-state index contributed by atoms with van der Waals surface area (Å²) in [4.78, 5) is 39.9. The van der Waals surface area contributed by atoms with E-state index in [1.165, 1.54) is 5.56 Å². The predicted molar refractivity (Wildman–Crippen MR) is 149 cm³/mol. The van der Waals surface area contributed by atoms with E-state index in [-0.39, 0.29) is 18.8 Å². The number of ketones is 1. The van der Waals surface area contributed by atoms with Gasteiger partial charge < -0.3 is 14.2 Å². The van der Waals surface area contributed by atoms with Gasteiger partial charge in [0.25, 0.3) is 0 Å². The quantitative estimate of drug-likeness (QED) is 0.190. The minimum absolute atomic E-state index is 0.0201. The Morgan fingerprint density at radius 3 is 2.32 bits per heavy atom. The third-order valence-electron chi connectivity index (χ3n) is 7.55. The summed E-state index contributed by atoms with van der Waals surface area (Å²) < 4.78 is 17.3. The summed E-state index contributed by atoms with van der Waals surface area (Å²) >= 11 is 0. The lowest BCUT2D eigenvalue weighted by Gasteiger charge is -2.46. The Morgan fingerprint density at radius 1 is 0.895 bits per heavy atom. The molecule has 2 aromatic carbocycles. The Hall–Kier alpha value is -2.93. The van der Waals surface area contributed by atoms with Gasteiger partial charge in [-0.2, -0.15) is 0 Å². The second kappa shape index (κ2) is 12.3. The number of Topliss-reactive ketones (excluding diaryl/α,β-unsaturated/α-hetero) is 1. The van der Waals surface area contributed by atoms with Crippen molar-refractivity contribution in [2.75, 3.05) is 19.8 Å². The molecule has 3 aliphatic rings. The third kappa shape index (κ3) is 6.55. The van der Waals surface area contributed by atoms with E-state index in [9.17, 15) is 14.4 Å². The zero-order valence-corrected chi connectivity index (χ0v) is 24.0. The monoisotopic (exact) mass is 536 g/mol. The second-order valence-electron chi connectivity index (χ2n) is 11.7. The summed E-state index contributed by atoms with van der Waals surface area (Å²) in [5.41, 5.74) is 3.00. The van der Waals surface area contributed by atoms with Crippen LogP contribution >= 0.6 is 0 Å². The van der Waals surface area contributed by atoms with Gasteiger partial charge in [-0.05, 0) is 54.1 Å². The van der Waals surface area contributed by atoms with Gasteiger partial charge in [-0.3, -0.25) is 14.4 Å². The van der Waals surface area contributed by atoms with Crippen molar-refractivity contribution in [3.05, 3.63) is 65.2 Å². The first-order chi connectivity index (χ1) is 18.2. The van der Waals surface area contributed by atoms with E-state index < -0.39 is 43.7 Å². The molecule has 0 saturated heterocycles. The molecule has 0 radical (unpaired) electrons. The number of benzene rings is 2. The number of ether oxygens (including phenoxy) is 3. The van der Waals surface area contributed by atoms with Crippen LogP contribution in [0.15, 0.2) is 48.5 Å². The van der Waals surface area contributed by atoms with Crippen LogP contribution < -0.4 is 4.74 Å². The van der Waals surface area contributed by atoms with Crippen LogP contribution in [0, 0.1) is 11.8 Å². The maximum absolute atomic E-state index is 13.4. The molecule has 0 aromatic heterocycles. The van der Waals surface area contributed by atoms with Crippen molar-refractivity contribution in [1.29, 1.82) is 0 Å². The number of hydrogen-bond donors (Lipinski definition) is 0. The predicted octanol–water partition coefficient (Wildman–Crippen LogP) is 5.92. The van der Waals surface area contributed by atoms with Gasteiger partial charge in [-0.1, -0.05) is 63.0 Å². The van der Waals surface area contributed by atoms with Gasteiger partial charge in [0.2, 0.25) is 0 Å². The normalized spacial score (nSPS) is 22.1. The van der Waals surface area contributed by atoms with Crippen molar-refractivity contribution < 1.29 is 28.6 Å². The second-order valence-corrected chi connectivity index (χ2v) is 17.3. The molecular weight excluding hydrogens is 496 g/mol. The maximum Gasteiger partial charge on any atom is 0.310 e. The lowest BCUT2D eigenvalue weighted by atomic mass is 9.55. The maximum atomic E-state index is 13.4. The Labute approximate surface area is 227 Å². The van der Waals surface area contributed by atoms with Gasteiger partial charge in [0, 0.05) is 20.4 Å². The van der Waals surface area contributed by atoms with Crippen molar-refractivity contribution in [2.45, 2.75) is 70.1 Å². The minimum atomic E-state index is -1.39. The molecule has 4 unspecified atom stereocenters. The topological polar surface area (TPSA) is 78.9 Å². The molecule has 0 aliphatic heterocycles. The number of carbonyl (C=O) groups excluding carboxylic acids is 3. The molecule has 4 atom stereocenters. The number of carbonyl (C=O) groups is 3. The highest BCUT2D eigenvalue weighted by Gasteiger charge is 2.57. The van der Waals surface area contributed by atoms with Crippen LogP contribution in [0.4, 0.5) is 0 Å². The molecule has 2 aromatic rings. The number of hydrogen-bond acceptors (Lipinski definition) is 6. The molecule has 0 heterocycles. The van der Waals surface area contributed by atoms with Crippen LogP contribution in [0.1, 0.15) is 54.7 Å². The van der Waals surface area contributed by atoms with Crippen molar-refractivity contribution in [3.8, 4) is 5.75 Å². The summed E-state index contributed by atoms with van der Waals surface area (Å²) in [5, 5.41) is 0. The lowest BCUT2D eigenvalue weighted by molar-refractivity contribution is -0.167. The van der Waals surface area contributed by atoms with E-state index in [2.05, 4.69) is 31.8 Å². The van der Waals surface area contributed by atoms with Crippen LogP contribution in [0.25, 0.3) is 0 Å². The van der Waals surface area contributed by atoms with Crippen LogP contribution in [-0.4, -0.2) is 45.6 Å². The third-order valence-corrected chi connectivity index (χ3v) is 9.25. The molecular formula is C31H40O6Si. The molecule has 3 aliphatic carbocycles. The van der Waals surface area contributed by atoms with Gasteiger partial charge in [-0.15, -0.1) is 0 Å². The van der Waals surface area contributed by atoms with Gasteiger partial charge in [0.1, 0.15) is 11.5 Å². The average Bonchev–Trinajstić information content (AvgIpc) is 2.89. The van der Waals surface area contributed by atoms with Crippen molar-refractivity contribution in [3.63, 3.8) is 0 Å². The Bertz CT molecular complexity index is 1140. The molecule has 7 heteroatoms. The molecule has 5 rings (SSSR count). The van der Waals surface area contributed by atoms with E-state index in [1.54, 1.807) is 0 Å². The molecule has 2 bridgehead atoms. The van der Waals surface area contributed by atoms with E-state index >= 15 is 0 Å². The van der Waals surface area contributed by atoms with Crippen LogP contribution in [-0.2, 0) is 30.3 Å². The van der Waals surface area contributed by atoms with Gasteiger partial charge in [0.05, 0.1) is 37.6 Å². The molecule has 0 N–H and O–H groups in total.